The number of aromatic nitrogens is 1. The number of likely N-dealkylation sites (N-methyl/N-ethyl adjacent to an activating group) is 1. The first-order chi connectivity index (χ1) is 13.4. The molecule has 156 valence electrons. The van der Waals surface area contributed by atoms with E-state index in [0.717, 1.165) is 44.8 Å². The van der Waals surface area contributed by atoms with Gasteiger partial charge in [0, 0.05) is 57.5 Å². The summed E-state index contributed by atoms with van der Waals surface area (Å²) in [6.07, 6.45) is 6.51. The van der Waals surface area contributed by atoms with E-state index in [1.54, 1.807) is 10.4 Å². The molecule has 0 aliphatic carbocycles. The third-order valence-electron chi connectivity index (χ3n) is 6.68. The van der Waals surface area contributed by atoms with Crippen molar-refractivity contribution in [3.05, 3.63) is 18.3 Å². The van der Waals surface area contributed by atoms with Gasteiger partial charge in [0.05, 0.1) is 0 Å². The molecular formula is C20H33N5O2S. The van der Waals surface area contributed by atoms with E-state index in [1.165, 1.54) is 25.6 Å². The van der Waals surface area contributed by atoms with Crippen molar-refractivity contribution in [2.45, 2.75) is 49.6 Å². The third kappa shape index (κ3) is 4.06. The van der Waals surface area contributed by atoms with Crippen LogP contribution in [0.2, 0.25) is 0 Å². The van der Waals surface area contributed by atoms with E-state index in [2.05, 4.69) is 26.6 Å². The molecule has 1 atom stereocenters. The van der Waals surface area contributed by atoms with E-state index in [1.807, 2.05) is 13.1 Å². The predicted octanol–water partition coefficient (Wildman–Crippen LogP) is 1.47. The van der Waals surface area contributed by atoms with Crippen LogP contribution < -0.4 is 4.90 Å². The topological polar surface area (TPSA) is 60.0 Å². The van der Waals surface area contributed by atoms with Gasteiger partial charge in [0.2, 0.25) is 10.0 Å². The Bertz CT molecular complexity index is 753. The number of piperazine rings is 1. The third-order valence-corrected chi connectivity index (χ3v) is 8.56. The minimum Gasteiger partial charge on any atom is -0.357 e. The minimum absolute atomic E-state index is 0.307. The first-order valence-electron chi connectivity index (χ1n) is 10.6. The fourth-order valence-electron chi connectivity index (χ4n) is 4.81. The van der Waals surface area contributed by atoms with Gasteiger partial charge in [0.15, 0.2) is 0 Å². The fourth-order valence-corrected chi connectivity index (χ4v) is 6.18. The van der Waals surface area contributed by atoms with Crippen molar-refractivity contribution in [3.8, 4) is 0 Å². The molecule has 3 aliphatic heterocycles. The summed E-state index contributed by atoms with van der Waals surface area (Å²) in [6, 6.07) is 5.01. The second-order valence-electron chi connectivity index (χ2n) is 8.51. The Kier molecular flexibility index (Phi) is 5.92. The predicted molar refractivity (Wildman–Crippen MR) is 111 cm³/mol. The van der Waals surface area contributed by atoms with Gasteiger partial charge < -0.3 is 9.80 Å². The highest BCUT2D eigenvalue weighted by Crippen LogP contribution is 2.27. The van der Waals surface area contributed by atoms with E-state index in [0.29, 0.717) is 30.1 Å². The van der Waals surface area contributed by atoms with Crippen LogP contribution in [-0.2, 0) is 10.0 Å². The van der Waals surface area contributed by atoms with Crippen LogP contribution in [0.5, 0.6) is 0 Å². The van der Waals surface area contributed by atoms with Crippen LogP contribution in [0.3, 0.4) is 0 Å². The molecule has 1 aromatic rings. The summed E-state index contributed by atoms with van der Waals surface area (Å²) in [5.41, 5.74) is 0. The van der Waals surface area contributed by atoms with Gasteiger partial charge in [-0.3, -0.25) is 4.90 Å². The van der Waals surface area contributed by atoms with Crippen molar-refractivity contribution in [1.82, 2.24) is 19.1 Å². The van der Waals surface area contributed by atoms with E-state index in [9.17, 15) is 8.42 Å². The second-order valence-corrected chi connectivity index (χ2v) is 10.4. The van der Waals surface area contributed by atoms with Crippen LogP contribution in [0.4, 0.5) is 5.82 Å². The molecule has 1 unspecified atom stereocenters. The van der Waals surface area contributed by atoms with Crippen LogP contribution in [0, 0.1) is 0 Å². The number of rotatable bonds is 4. The normalized spacial score (nSPS) is 26.8. The highest BCUT2D eigenvalue weighted by atomic mass is 32.2. The van der Waals surface area contributed by atoms with E-state index >= 15 is 0 Å². The maximum Gasteiger partial charge on any atom is 0.244 e. The number of likely N-dealkylation sites (tertiary alicyclic amines) is 1. The van der Waals surface area contributed by atoms with Crippen molar-refractivity contribution in [1.29, 1.82) is 0 Å². The summed E-state index contributed by atoms with van der Waals surface area (Å²) in [4.78, 5) is 11.9. The molecule has 0 N–H and O–H groups in total. The molecule has 3 saturated heterocycles. The largest absolute Gasteiger partial charge is 0.357 e. The van der Waals surface area contributed by atoms with Crippen LogP contribution in [-0.4, -0.2) is 92.5 Å². The lowest BCUT2D eigenvalue weighted by Crippen LogP contribution is -2.47. The Morgan fingerprint density at radius 1 is 0.964 bits per heavy atom. The Labute approximate surface area is 169 Å². The molecule has 3 aliphatic rings. The average molecular weight is 408 g/mol. The van der Waals surface area contributed by atoms with Gasteiger partial charge in [-0.2, -0.15) is 4.31 Å². The summed E-state index contributed by atoms with van der Waals surface area (Å²) in [6.45, 7) is 8.21. The standard InChI is InChI=1S/C20H33N5O2S/c1-17-4-3-9-25(17)18-7-10-23(11-8-18)20-6-5-19(16-21-20)28(26,27)24-14-12-22(2)13-15-24/h5-6,16-18H,3-4,7-15H2,1-2H3. The van der Waals surface area contributed by atoms with Crippen LogP contribution >= 0.6 is 0 Å². The average Bonchev–Trinajstić information content (AvgIpc) is 3.14. The van der Waals surface area contributed by atoms with Gasteiger partial charge in [-0.15, -0.1) is 0 Å². The van der Waals surface area contributed by atoms with Gasteiger partial charge in [-0.05, 0) is 58.3 Å². The summed E-state index contributed by atoms with van der Waals surface area (Å²) in [5, 5.41) is 0. The number of pyridine rings is 1. The van der Waals surface area contributed by atoms with Gasteiger partial charge in [0.25, 0.3) is 0 Å². The van der Waals surface area contributed by atoms with Gasteiger partial charge in [0.1, 0.15) is 10.7 Å². The lowest BCUT2D eigenvalue weighted by molar-refractivity contribution is 0.163. The molecule has 8 heteroatoms. The maximum atomic E-state index is 12.9. The van der Waals surface area contributed by atoms with Crippen molar-refractivity contribution in [2.75, 3.05) is 57.8 Å². The van der Waals surface area contributed by atoms with Gasteiger partial charge >= 0.3 is 0 Å². The lowest BCUT2D eigenvalue weighted by atomic mass is 10.0. The molecule has 28 heavy (non-hydrogen) atoms. The smallest absolute Gasteiger partial charge is 0.244 e. The quantitative estimate of drug-likeness (QED) is 0.753. The molecular weight excluding hydrogens is 374 g/mol. The monoisotopic (exact) mass is 407 g/mol. The van der Waals surface area contributed by atoms with Gasteiger partial charge in [-0.1, -0.05) is 0 Å². The number of anilines is 1. The SMILES string of the molecule is CC1CCCN1C1CCN(c2ccc(S(=O)(=O)N3CCN(C)CC3)cn2)CC1. The zero-order valence-electron chi connectivity index (χ0n) is 17.1. The first kappa shape index (κ1) is 20.1. The van der Waals surface area contributed by atoms with E-state index < -0.39 is 10.0 Å². The zero-order chi connectivity index (χ0) is 19.7. The molecule has 4 heterocycles. The molecule has 1 aromatic heterocycles. The number of hydrogen-bond acceptors (Lipinski definition) is 6. The Hall–Kier alpha value is -1.22. The van der Waals surface area contributed by atoms with E-state index in [-0.39, 0.29) is 0 Å². The highest BCUT2D eigenvalue weighted by molar-refractivity contribution is 7.89. The van der Waals surface area contributed by atoms with Crippen molar-refractivity contribution < 1.29 is 8.42 Å². The molecule has 0 saturated carbocycles. The van der Waals surface area contributed by atoms with Gasteiger partial charge in [-0.25, -0.2) is 13.4 Å². The molecule has 0 radical (unpaired) electrons. The molecule has 4 rings (SSSR count). The summed E-state index contributed by atoms with van der Waals surface area (Å²) < 4.78 is 27.3. The molecule has 3 fully saturated rings. The maximum absolute atomic E-state index is 12.9. The number of sulfonamides is 1. The number of hydrogen-bond donors (Lipinski definition) is 0. The van der Waals surface area contributed by atoms with E-state index in [4.69, 9.17) is 0 Å². The molecule has 0 aromatic carbocycles. The molecule has 7 nitrogen and oxygen atoms in total. The van der Waals surface area contributed by atoms with Crippen molar-refractivity contribution >= 4 is 15.8 Å². The summed E-state index contributed by atoms with van der Waals surface area (Å²) >= 11 is 0. The first-order valence-corrected chi connectivity index (χ1v) is 12.0. The summed E-state index contributed by atoms with van der Waals surface area (Å²) in [5.74, 6) is 0.894. The molecule has 0 spiro atoms. The van der Waals surface area contributed by atoms with Crippen LogP contribution in [0.25, 0.3) is 0 Å². The molecule has 0 amide bonds. The number of nitrogens with zero attached hydrogens (tertiary/aromatic N) is 5. The zero-order valence-corrected chi connectivity index (χ0v) is 17.9. The molecule has 0 bridgehead atoms. The van der Waals surface area contributed by atoms with Crippen molar-refractivity contribution in [2.24, 2.45) is 0 Å². The van der Waals surface area contributed by atoms with Crippen LogP contribution in [0.15, 0.2) is 23.2 Å². The fraction of sp³-hybridized carbons (Fsp3) is 0.750. The summed E-state index contributed by atoms with van der Waals surface area (Å²) in [7, 11) is -1.42. The Morgan fingerprint density at radius 3 is 2.25 bits per heavy atom. The Morgan fingerprint density at radius 2 is 1.68 bits per heavy atom. The lowest BCUT2D eigenvalue weighted by Gasteiger charge is -2.39. The van der Waals surface area contributed by atoms with Crippen LogP contribution in [0.1, 0.15) is 32.6 Å². The minimum atomic E-state index is -3.44. The van der Waals surface area contributed by atoms with Crippen molar-refractivity contribution in [3.63, 3.8) is 0 Å². The highest BCUT2D eigenvalue weighted by Gasteiger charge is 2.31. The Balaban J connectivity index is 1.37. The number of piperidine rings is 1. The second kappa shape index (κ2) is 8.26.